The number of rotatable bonds is 5. The van der Waals surface area contributed by atoms with Gasteiger partial charge in [0.25, 0.3) is 0 Å². The van der Waals surface area contributed by atoms with Crippen molar-refractivity contribution in [3.63, 3.8) is 0 Å². The topological polar surface area (TPSA) is 81.9 Å². The van der Waals surface area contributed by atoms with Gasteiger partial charge in [0.15, 0.2) is 0 Å². The minimum atomic E-state index is -5.11. The molecule has 1 aliphatic rings. The molecule has 0 spiro atoms. The molecule has 1 aliphatic heterocycles. The fourth-order valence-corrected chi connectivity index (χ4v) is 2.22. The van der Waals surface area contributed by atoms with Crippen molar-refractivity contribution >= 4 is 11.9 Å². The Morgan fingerprint density at radius 2 is 1.83 bits per heavy atom. The first-order chi connectivity index (χ1) is 11.3. The number of nitrogens with two attached hydrogens (primary N) is 1. The van der Waals surface area contributed by atoms with Crippen molar-refractivity contribution in [1.29, 1.82) is 0 Å². The Kier molecular flexibility index (Phi) is 5.79. The summed E-state index contributed by atoms with van der Waals surface area (Å²) in [5.41, 5.74) is 5.96. The maximum absolute atomic E-state index is 12.3. The molecule has 1 unspecified atom stereocenters. The van der Waals surface area contributed by atoms with E-state index in [9.17, 15) is 22.8 Å². The van der Waals surface area contributed by atoms with Gasteiger partial charge in [-0.25, -0.2) is 9.59 Å². The van der Waals surface area contributed by atoms with Crippen LogP contribution in [0.3, 0.4) is 0 Å². The van der Waals surface area contributed by atoms with Crippen LogP contribution in [0.2, 0.25) is 0 Å². The van der Waals surface area contributed by atoms with Crippen LogP contribution in [0.4, 0.5) is 13.2 Å². The van der Waals surface area contributed by atoms with Gasteiger partial charge in [-0.15, -0.1) is 5.06 Å². The van der Waals surface area contributed by atoms with Crippen molar-refractivity contribution in [3.05, 3.63) is 29.8 Å². The third-order valence-corrected chi connectivity index (χ3v) is 3.43. The number of benzene rings is 1. The number of alkyl halides is 3. The number of esters is 1. The quantitative estimate of drug-likeness (QED) is 0.644. The number of carbonyl (C=O) groups excluding carboxylic acids is 2. The third-order valence-electron chi connectivity index (χ3n) is 3.43. The molecule has 6 nitrogen and oxygen atoms in total. The third kappa shape index (κ3) is 4.93. The second kappa shape index (κ2) is 7.63. The van der Waals surface area contributed by atoms with Crippen molar-refractivity contribution < 1.29 is 32.3 Å². The van der Waals surface area contributed by atoms with Gasteiger partial charge in [-0.1, -0.05) is 18.2 Å². The van der Waals surface area contributed by atoms with E-state index in [1.165, 1.54) is 23.3 Å². The van der Waals surface area contributed by atoms with Crippen molar-refractivity contribution in [1.82, 2.24) is 5.06 Å². The van der Waals surface area contributed by atoms with Crippen LogP contribution in [0.15, 0.2) is 24.3 Å². The molecule has 1 aromatic carbocycles. The van der Waals surface area contributed by atoms with Gasteiger partial charge in [-0.2, -0.15) is 13.2 Å². The Hall–Kier alpha value is -2.13. The van der Waals surface area contributed by atoms with E-state index >= 15 is 0 Å². The average molecular weight is 346 g/mol. The van der Waals surface area contributed by atoms with Crippen LogP contribution in [0, 0.1) is 0 Å². The molecule has 1 aromatic rings. The predicted molar refractivity (Wildman–Crippen MR) is 76.7 cm³/mol. The van der Waals surface area contributed by atoms with Crippen molar-refractivity contribution in [2.45, 2.75) is 31.5 Å². The van der Waals surface area contributed by atoms with E-state index in [4.69, 9.17) is 10.6 Å². The monoisotopic (exact) mass is 346 g/mol. The molecule has 0 aromatic heterocycles. The average Bonchev–Trinajstić information content (AvgIpc) is 3.01. The Morgan fingerprint density at radius 1 is 1.21 bits per heavy atom. The van der Waals surface area contributed by atoms with E-state index in [2.05, 4.69) is 4.74 Å². The molecule has 1 atom stereocenters. The number of nitrogens with zero attached hydrogens (tertiary/aromatic N) is 1. The van der Waals surface area contributed by atoms with Gasteiger partial charge in [0.1, 0.15) is 11.8 Å². The number of halogens is 3. The summed E-state index contributed by atoms with van der Waals surface area (Å²) in [5.74, 6) is -3.30. The highest BCUT2D eigenvalue weighted by atomic mass is 19.4. The van der Waals surface area contributed by atoms with Gasteiger partial charge >= 0.3 is 18.1 Å². The zero-order chi connectivity index (χ0) is 17.7. The van der Waals surface area contributed by atoms with E-state index < -0.39 is 24.2 Å². The summed E-state index contributed by atoms with van der Waals surface area (Å²) in [4.78, 5) is 28.0. The van der Waals surface area contributed by atoms with E-state index in [0.717, 1.165) is 12.8 Å². The molecule has 24 heavy (non-hydrogen) atoms. The maximum atomic E-state index is 12.3. The number of ether oxygens (including phenoxy) is 1. The highest BCUT2D eigenvalue weighted by Crippen LogP contribution is 2.24. The zero-order valence-corrected chi connectivity index (χ0v) is 12.7. The number of hydrogen-bond acceptors (Lipinski definition) is 6. The lowest BCUT2D eigenvalue weighted by molar-refractivity contribution is -0.189. The minimum absolute atomic E-state index is 0.117. The summed E-state index contributed by atoms with van der Waals surface area (Å²) in [6.45, 7) is 1.25. The van der Waals surface area contributed by atoms with Crippen LogP contribution in [-0.2, 0) is 20.8 Å². The molecular formula is C15H17F3N2O4. The Labute approximate surface area is 136 Å². The second-order valence-electron chi connectivity index (χ2n) is 5.35. The van der Waals surface area contributed by atoms with Gasteiger partial charge in [0.2, 0.25) is 0 Å². The molecule has 132 valence electrons. The highest BCUT2D eigenvalue weighted by Gasteiger charge is 2.41. The summed E-state index contributed by atoms with van der Waals surface area (Å²) in [5, 5.41) is 1.50. The second-order valence-corrected chi connectivity index (χ2v) is 5.35. The molecule has 0 aliphatic carbocycles. The lowest BCUT2D eigenvalue weighted by Crippen LogP contribution is -2.38. The van der Waals surface area contributed by atoms with E-state index in [1.807, 2.05) is 0 Å². The van der Waals surface area contributed by atoms with Crippen LogP contribution in [0.25, 0.3) is 0 Å². The Bertz CT molecular complexity index is 601. The highest BCUT2D eigenvalue weighted by molar-refractivity contribution is 5.79. The number of carbonyl (C=O) groups is 2. The standard InChI is InChI=1S/C15H17F3N2O4/c16-15(17,18)14(22)23-12-6-2-1-5-10(12)9-11(19)13(21)24-20-7-3-4-8-20/h1-2,5-6,11H,3-4,7-9,19H2. The summed E-state index contributed by atoms with van der Waals surface area (Å²) < 4.78 is 41.3. The molecule has 0 radical (unpaired) electrons. The molecule has 0 bridgehead atoms. The Balaban J connectivity index is 2.00. The van der Waals surface area contributed by atoms with Crippen molar-refractivity contribution in [2.75, 3.05) is 13.1 Å². The molecule has 1 fully saturated rings. The molecule has 0 saturated carbocycles. The zero-order valence-electron chi connectivity index (χ0n) is 12.7. The number of hydrogen-bond donors (Lipinski definition) is 1. The van der Waals surface area contributed by atoms with E-state index in [-0.39, 0.29) is 17.7 Å². The lowest BCUT2D eigenvalue weighted by atomic mass is 10.1. The fraction of sp³-hybridized carbons (Fsp3) is 0.467. The van der Waals surface area contributed by atoms with Crippen LogP contribution < -0.4 is 10.5 Å². The number of para-hydroxylation sites is 1. The van der Waals surface area contributed by atoms with Crippen LogP contribution >= 0.6 is 0 Å². The summed E-state index contributed by atoms with van der Waals surface area (Å²) >= 11 is 0. The van der Waals surface area contributed by atoms with Gasteiger partial charge in [-0.3, -0.25) is 0 Å². The molecular weight excluding hydrogens is 329 g/mol. The van der Waals surface area contributed by atoms with Crippen molar-refractivity contribution in [2.24, 2.45) is 5.73 Å². The molecule has 0 amide bonds. The van der Waals surface area contributed by atoms with Gasteiger partial charge in [0, 0.05) is 19.5 Å². The summed E-state index contributed by atoms with van der Waals surface area (Å²) in [6.07, 6.45) is -3.39. The lowest BCUT2D eigenvalue weighted by Gasteiger charge is -2.18. The van der Waals surface area contributed by atoms with Crippen LogP contribution in [0.5, 0.6) is 5.75 Å². The molecule has 2 rings (SSSR count). The maximum Gasteiger partial charge on any atom is 0.491 e. The summed E-state index contributed by atoms with van der Waals surface area (Å²) in [6, 6.07) is 4.51. The Morgan fingerprint density at radius 3 is 2.46 bits per heavy atom. The first kappa shape index (κ1) is 18.2. The van der Waals surface area contributed by atoms with Crippen LogP contribution in [-0.4, -0.2) is 42.3 Å². The molecule has 1 saturated heterocycles. The fourth-order valence-electron chi connectivity index (χ4n) is 2.22. The van der Waals surface area contributed by atoms with E-state index in [1.54, 1.807) is 6.07 Å². The first-order valence-electron chi connectivity index (χ1n) is 7.36. The van der Waals surface area contributed by atoms with Gasteiger partial charge in [0.05, 0.1) is 0 Å². The van der Waals surface area contributed by atoms with Crippen LogP contribution in [0.1, 0.15) is 18.4 Å². The predicted octanol–water partition coefficient (Wildman–Crippen LogP) is 1.58. The van der Waals surface area contributed by atoms with Crippen molar-refractivity contribution in [3.8, 4) is 5.75 Å². The number of hydroxylamine groups is 2. The molecule has 1 heterocycles. The molecule has 9 heteroatoms. The minimum Gasteiger partial charge on any atom is -0.420 e. The van der Waals surface area contributed by atoms with Gasteiger partial charge < -0.3 is 15.3 Å². The normalized spacial score (nSPS) is 16.7. The SMILES string of the molecule is NC(Cc1ccccc1OC(=O)C(F)(F)F)C(=O)ON1CCCC1. The smallest absolute Gasteiger partial charge is 0.420 e. The molecule has 2 N–H and O–H groups in total. The summed E-state index contributed by atoms with van der Waals surface area (Å²) in [7, 11) is 0. The first-order valence-corrected chi connectivity index (χ1v) is 7.36. The van der Waals surface area contributed by atoms with E-state index in [0.29, 0.717) is 13.1 Å². The largest absolute Gasteiger partial charge is 0.491 e. The van der Waals surface area contributed by atoms with Gasteiger partial charge in [-0.05, 0) is 24.5 Å².